The van der Waals surface area contributed by atoms with Crippen LogP contribution < -0.4 is 4.90 Å². The summed E-state index contributed by atoms with van der Waals surface area (Å²) in [6.45, 7) is 3.64. The van der Waals surface area contributed by atoms with E-state index in [2.05, 4.69) is 9.88 Å². The molecule has 1 atom stereocenters. The SMILES string of the molecule is CC(=O)C(C(=O)O)(c1ccccc1)N1CCN(c2ccncc2)CC1. The van der Waals surface area contributed by atoms with E-state index in [1.54, 1.807) is 41.6 Å². The zero-order valence-corrected chi connectivity index (χ0v) is 14.1. The minimum absolute atomic E-state index is 0.372. The van der Waals surface area contributed by atoms with Crippen LogP contribution >= 0.6 is 0 Å². The van der Waals surface area contributed by atoms with Crippen molar-refractivity contribution in [3.63, 3.8) is 0 Å². The van der Waals surface area contributed by atoms with E-state index in [1.165, 1.54) is 6.92 Å². The van der Waals surface area contributed by atoms with Crippen molar-refractivity contribution >= 4 is 17.4 Å². The van der Waals surface area contributed by atoms with E-state index < -0.39 is 11.5 Å². The number of carboxylic acid groups (broad SMARTS) is 1. The molecule has 1 aromatic heterocycles. The maximum Gasteiger partial charge on any atom is 0.336 e. The van der Waals surface area contributed by atoms with Gasteiger partial charge in [-0.1, -0.05) is 30.3 Å². The van der Waals surface area contributed by atoms with Crippen LogP contribution in [0.15, 0.2) is 54.9 Å². The van der Waals surface area contributed by atoms with Crippen LogP contribution in [0.25, 0.3) is 0 Å². The van der Waals surface area contributed by atoms with E-state index in [0.29, 0.717) is 31.7 Å². The van der Waals surface area contributed by atoms with Crippen molar-refractivity contribution in [2.45, 2.75) is 12.5 Å². The molecule has 0 amide bonds. The normalized spacial score (nSPS) is 17.7. The molecule has 0 spiro atoms. The lowest BCUT2D eigenvalue weighted by molar-refractivity contribution is -0.158. The number of Topliss-reactive ketones (excluding diaryl/α,β-unsaturated/α-hetero) is 1. The Morgan fingerprint density at radius 3 is 2.12 bits per heavy atom. The summed E-state index contributed by atoms with van der Waals surface area (Å²) in [5.41, 5.74) is -0.0727. The second kappa shape index (κ2) is 7.03. The van der Waals surface area contributed by atoms with Gasteiger partial charge in [0.15, 0.2) is 5.78 Å². The van der Waals surface area contributed by atoms with Crippen LogP contribution in [0.2, 0.25) is 0 Å². The lowest BCUT2D eigenvalue weighted by atomic mass is 9.83. The molecule has 0 saturated carbocycles. The van der Waals surface area contributed by atoms with Crippen molar-refractivity contribution in [2.24, 2.45) is 0 Å². The van der Waals surface area contributed by atoms with Gasteiger partial charge in [-0.3, -0.25) is 14.7 Å². The lowest BCUT2D eigenvalue weighted by Crippen LogP contribution is -2.62. The van der Waals surface area contributed by atoms with E-state index in [0.717, 1.165) is 5.69 Å². The van der Waals surface area contributed by atoms with Crippen molar-refractivity contribution in [3.05, 3.63) is 60.4 Å². The maximum absolute atomic E-state index is 12.5. The molecule has 0 radical (unpaired) electrons. The first kappa shape index (κ1) is 17.1. The van der Waals surface area contributed by atoms with Crippen molar-refractivity contribution in [1.29, 1.82) is 0 Å². The molecule has 6 nitrogen and oxygen atoms in total. The molecule has 1 fully saturated rings. The number of nitrogens with zero attached hydrogens (tertiary/aromatic N) is 3. The third kappa shape index (κ3) is 3.00. The predicted octanol–water partition coefficient (Wildman–Crippen LogP) is 1.77. The van der Waals surface area contributed by atoms with Gasteiger partial charge in [-0.15, -0.1) is 0 Å². The first-order chi connectivity index (χ1) is 12.1. The van der Waals surface area contributed by atoms with Gasteiger partial charge in [-0.25, -0.2) is 4.79 Å². The Morgan fingerprint density at radius 1 is 1.00 bits per heavy atom. The van der Waals surface area contributed by atoms with Crippen molar-refractivity contribution in [2.75, 3.05) is 31.1 Å². The highest BCUT2D eigenvalue weighted by Gasteiger charge is 2.51. The van der Waals surface area contributed by atoms with Crippen LogP contribution in [0.3, 0.4) is 0 Å². The van der Waals surface area contributed by atoms with Gasteiger partial charge in [0.2, 0.25) is 5.54 Å². The van der Waals surface area contributed by atoms with E-state index in [-0.39, 0.29) is 5.78 Å². The van der Waals surface area contributed by atoms with E-state index in [1.807, 2.05) is 18.2 Å². The number of pyridine rings is 1. The predicted molar refractivity (Wildman–Crippen MR) is 94.5 cm³/mol. The number of hydrogen-bond donors (Lipinski definition) is 1. The summed E-state index contributed by atoms with van der Waals surface area (Å²) in [5, 5.41) is 10.00. The maximum atomic E-state index is 12.5. The molecule has 1 unspecified atom stereocenters. The number of aliphatic carboxylic acids is 1. The largest absolute Gasteiger partial charge is 0.479 e. The summed E-state index contributed by atoms with van der Waals surface area (Å²) in [5.74, 6) is -1.49. The molecule has 130 valence electrons. The average Bonchev–Trinajstić information content (AvgIpc) is 2.64. The summed E-state index contributed by atoms with van der Waals surface area (Å²) >= 11 is 0. The van der Waals surface area contributed by atoms with Gasteiger partial charge in [-0.05, 0) is 24.6 Å². The van der Waals surface area contributed by atoms with Gasteiger partial charge in [0.1, 0.15) is 0 Å². The quantitative estimate of drug-likeness (QED) is 0.837. The van der Waals surface area contributed by atoms with Crippen LogP contribution in [0, 0.1) is 0 Å². The number of aromatic nitrogens is 1. The molecule has 1 saturated heterocycles. The highest BCUT2D eigenvalue weighted by Crippen LogP contribution is 2.32. The second-order valence-electron chi connectivity index (χ2n) is 6.12. The number of carbonyl (C=O) groups excluding carboxylic acids is 1. The van der Waals surface area contributed by atoms with Crippen LogP contribution in [-0.2, 0) is 15.1 Å². The number of carboxylic acids is 1. The van der Waals surface area contributed by atoms with Gasteiger partial charge in [0, 0.05) is 44.3 Å². The number of carbonyl (C=O) groups is 2. The van der Waals surface area contributed by atoms with Crippen LogP contribution in [0.1, 0.15) is 12.5 Å². The van der Waals surface area contributed by atoms with Crippen LogP contribution in [0.5, 0.6) is 0 Å². The van der Waals surface area contributed by atoms with Crippen molar-refractivity contribution in [1.82, 2.24) is 9.88 Å². The molecule has 25 heavy (non-hydrogen) atoms. The molecule has 1 aliphatic rings. The number of ketones is 1. The molecule has 3 rings (SSSR count). The Balaban J connectivity index is 1.89. The number of hydrogen-bond acceptors (Lipinski definition) is 5. The topological polar surface area (TPSA) is 73.7 Å². The Morgan fingerprint density at radius 2 is 1.60 bits per heavy atom. The minimum Gasteiger partial charge on any atom is -0.479 e. The molecule has 0 bridgehead atoms. The molecule has 1 N–H and O–H groups in total. The Hall–Kier alpha value is -2.73. The van der Waals surface area contributed by atoms with E-state index >= 15 is 0 Å². The highest BCUT2D eigenvalue weighted by atomic mass is 16.4. The molecular formula is C19H21N3O3. The Bertz CT molecular complexity index is 727. The van der Waals surface area contributed by atoms with Crippen LogP contribution in [-0.4, -0.2) is 52.9 Å². The second-order valence-corrected chi connectivity index (χ2v) is 6.12. The average molecular weight is 339 g/mol. The van der Waals surface area contributed by atoms with E-state index in [9.17, 15) is 14.7 Å². The number of anilines is 1. The number of benzene rings is 1. The molecule has 2 aromatic rings. The molecule has 6 heteroatoms. The molecule has 1 aliphatic heterocycles. The lowest BCUT2D eigenvalue weighted by Gasteiger charge is -2.44. The fraction of sp³-hybridized carbons (Fsp3) is 0.316. The zero-order valence-electron chi connectivity index (χ0n) is 14.1. The summed E-state index contributed by atoms with van der Waals surface area (Å²) in [7, 11) is 0. The van der Waals surface area contributed by atoms with E-state index in [4.69, 9.17) is 0 Å². The standard InChI is InChI=1S/C19H21N3O3/c1-15(23)19(18(24)25,16-5-3-2-4-6-16)22-13-11-21(12-14-22)17-7-9-20-10-8-17/h2-10H,11-14H2,1H3,(H,24,25). The molecule has 0 aliphatic carbocycles. The Labute approximate surface area is 146 Å². The number of piperazine rings is 1. The van der Waals surface area contributed by atoms with Crippen molar-refractivity contribution < 1.29 is 14.7 Å². The summed E-state index contributed by atoms with van der Waals surface area (Å²) in [6.07, 6.45) is 3.48. The van der Waals surface area contributed by atoms with Gasteiger partial charge < -0.3 is 10.0 Å². The number of rotatable bonds is 5. The zero-order chi connectivity index (χ0) is 17.9. The molecule has 2 heterocycles. The third-order valence-electron chi connectivity index (χ3n) is 4.79. The fourth-order valence-electron chi connectivity index (χ4n) is 3.55. The highest BCUT2D eigenvalue weighted by molar-refractivity contribution is 6.07. The van der Waals surface area contributed by atoms with Gasteiger partial charge in [0.25, 0.3) is 0 Å². The van der Waals surface area contributed by atoms with Gasteiger partial charge in [-0.2, -0.15) is 0 Å². The first-order valence-electron chi connectivity index (χ1n) is 8.27. The van der Waals surface area contributed by atoms with Crippen LogP contribution in [0.4, 0.5) is 5.69 Å². The fourth-order valence-corrected chi connectivity index (χ4v) is 3.55. The molecule has 1 aromatic carbocycles. The summed E-state index contributed by atoms with van der Waals surface area (Å²) in [4.78, 5) is 32.7. The molecular weight excluding hydrogens is 318 g/mol. The first-order valence-corrected chi connectivity index (χ1v) is 8.27. The summed E-state index contributed by atoms with van der Waals surface area (Å²) < 4.78 is 0. The monoisotopic (exact) mass is 339 g/mol. The van der Waals surface area contributed by atoms with Crippen molar-refractivity contribution in [3.8, 4) is 0 Å². The van der Waals surface area contributed by atoms with Gasteiger partial charge >= 0.3 is 5.97 Å². The van der Waals surface area contributed by atoms with Gasteiger partial charge in [0.05, 0.1) is 0 Å². The Kier molecular flexibility index (Phi) is 4.81. The third-order valence-corrected chi connectivity index (χ3v) is 4.79. The smallest absolute Gasteiger partial charge is 0.336 e. The summed E-state index contributed by atoms with van der Waals surface area (Å²) in [6, 6.07) is 12.6. The minimum atomic E-state index is -1.63.